The monoisotopic (exact) mass is 315 g/mol. The second-order valence-corrected chi connectivity index (χ2v) is 5.45. The van der Waals surface area contributed by atoms with Crippen LogP contribution in [0.15, 0.2) is 48.1 Å². The Bertz CT molecular complexity index is 766. The first kappa shape index (κ1) is 14.3. The number of aromatic nitrogens is 2. The molecule has 112 valence electrons. The number of rotatable bonds is 5. The highest BCUT2D eigenvalue weighted by Crippen LogP contribution is 2.12. The second-order valence-electron chi connectivity index (χ2n) is 4.58. The third kappa shape index (κ3) is 3.50. The van der Waals surface area contributed by atoms with E-state index < -0.39 is 5.97 Å². The summed E-state index contributed by atoms with van der Waals surface area (Å²) < 4.78 is 6.80. The van der Waals surface area contributed by atoms with Gasteiger partial charge in [-0.2, -0.15) is 0 Å². The Kier molecular flexibility index (Phi) is 4.15. The summed E-state index contributed by atoms with van der Waals surface area (Å²) in [5, 5.41) is 4.56. The van der Waals surface area contributed by atoms with E-state index in [-0.39, 0.29) is 18.9 Å². The Morgan fingerprint density at radius 2 is 2.09 bits per heavy atom. The largest absolute Gasteiger partial charge is 0.455 e. The minimum absolute atomic E-state index is 0.0486. The molecule has 0 aliphatic rings. The quantitative estimate of drug-likeness (QED) is 0.732. The van der Waals surface area contributed by atoms with Crippen LogP contribution < -0.4 is 5.32 Å². The molecule has 0 fully saturated rings. The number of fused-ring (bicyclic) bond motifs is 1. The standard InChI is InChI=1S/C15H13N3O3S/c19-13(16-11-4-2-1-3-5-11)10-21-14(20)8-12-9-18-6-7-22-15(18)17-12/h1-7,9H,8,10H2,(H,16,19). The molecule has 0 bridgehead atoms. The van der Waals surface area contributed by atoms with E-state index in [0.717, 1.165) is 4.96 Å². The average Bonchev–Trinajstić information content (AvgIpc) is 3.07. The van der Waals surface area contributed by atoms with Crippen LogP contribution in [0.25, 0.3) is 4.96 Å². The lowest BCUT2D eigenvalue weighted by molar-refractivity contribution is -0.146. The molecule has 0 radical (unpaired) electrons. The van der Waals surface area contributed by atoms with E-state index in [1.165, 1.54) is 11.3 Å². The molecule has 1 N–H and O–H groups in total. The maximum Gasteiger partial charge on any atom is 0.312 e. The maximum absolute atomic E-state index is 11.7. The number of hydrogen-bond acceptors (Lipinski definition) is 5. The van der Waals surface area contributed by atoms with Gasteiger partial charge >= 0.3 is 5.97 Å². The van der Waals surface area contributed by atoms with Gasteiger partial charge in [-0.1, -0.05) is 18.2 Å². The molecule has 2 heterocycles. The summed E-state index contributed by atoms with van der Waals surface area (Å²) in [5.41, 5.74) is 1.29. The lowest BCUT2D eigenvalue weighted by Gasteiger charge is -2.05. The minimum atomic E-state index is -0.478. The number of imidazole rings is 1. The molecule has 0 saturated heterocycles. The van der Waals surface area contributed by atoms with Gasteiger partial charge in [0.2, 0.25) is 0 Å². The Hall–Kier alpha value is -2.67. The van der Waals surface area contributed by atoms with Crippen LogP contribution in [0.3, 0.4) is 0 Å². The molecule has 3 aromatic rings. The number of anilines is 1. The maximum atomic E-state index is 11.7. The molecule has 1 amide bonds. The molecule has 0 aliphatic carbocycles. The first-order valence-corrected chi connectivity index (χ1v) is 7.50. The van der Waals surface area contributed by atoms with Crippen LogP contribution in [0.2, 0.25) is 0 Å². The van der Waals surface area contributed by atoms with Crippen molar-refractivity contribution in [1.82, 2.24) is 9.38 Å². The third-order valence-corrected chi connectivity index (χ3v) is 3.66. The van der Waals surface area contributed by atoms with Crippen LogP contribution in [0.4, 0.5) is 5.69 Å². The first-order valence-electron chi connectivity index (χ1n) is 6.62. The number of carbonyl (C=O) groups is 2. The molecular formula is C15H13N3O3S. The molecule has 7 heteroatoms. The Balaban J connectivity index is 1.47. The van der Waals surface area contributed by atoms with Gasteiger partial charge in [0.15, 0.2) is 11.6 Å². The number of ether oxygens (including phenoxy) is 1. The highest BCUT2D eigenvalue weighted by molar-refractivity contribution is 7.15. The molecular weight excluding hydrogens is 302 g/mol. The molecule has 0 spiro atoms. The van der Waals surface area contributed by atoms with Crippen LogP contribution in [0.1, 0.15) is 5.69 Å². The van der Waals surface area contributed by atoms with E-state index in [9.17, 15) is 9.59 Å². The number of benzene rings is 1. The zero-order chi connectivity index (χ0) is 15.4. The van der Waals surface area contributed by atoms with Crippen molar-refractivity contribution in [1.29, 1.82) is 0 Å². The molecule has 0 aliphatic heterocycles. The van der Waals surface area contributed by atoms with Gasteiger partial charge in [-0.25, -0.2) is 4.98 Å². The summed E-state index contributed by atoms with van der Waals surface area (Å²) in [7, 11) is 0. The van der Waals surface area contributed by atoms with Crippen molar-refractivity contribution < 1.29 is 14.3 Å². The highest BCUT2D eigenvalue weighted by Gasteiger charge is 2.11. The number of hydrogen-bond donors (Lipinski definition) is 1. The predicted molar refractivity (Wildman–Crippen MR) is 82.8 cm³/mol. The first-order chi connectivity index (χ1) is 10.7. The fraction of sp³-hybridized carbons (Fsp3) is 0.133. The molecule has 0 saturated carbocycles. The van der Waals surface area contributed by atoms with Gasteiger partial charge in [0, 0.05) is 23.5 Å². The van der Waals surface area contributed by atoms with E-state index in [0.29, 0.717) is 11.4 Å². The molecule has 22 heavy (non-hydrogen) atoms. The topological polar surface area (TPSA) is 72.7 Å². The fourth-order valence-corrected chi connectivity index (χ4v) is 2.64. The average molecular weight is 315 g/mol. The van der Waals surface area contributed by atoms with Gasteiger partial charge in [0.05, 0.1) is 12.1 Å². The molecule has 1 aromatic carbocycles. The summed E-state index contributed by atoms with van der Waals surface area (Å²) in [6.07, 6.45) is 3.69. The Morgan fingerprint density at radius 3 is 2.86 bits per heavy atom. The number of carbonyl (C=O) groups excluding carboxylic acids is 2. The normalized spacial score (nSPS) is 10.5. The van der Waals surface area contributed by atoms with Gasteiger partial charge in [0.25, 0.3) is 5.91 Å². The number of esters is 1. The van der Waals surface area contributed by atoms with E-state index in [1.807, 2.05) is 34.2 Å². The van der Waals surface area contributed by atoms with Crippen molar-refractivity contribution in [3.63, 3.8) is 0 Å². The van der Waals surface area contributed by atoms with Gasteiger partial charge < -0.3 is 10.1 Å². The van der Waals surface area contributed by atoms with E-state index in [1.54, 1.807) is 18.3 Å². The lowest BCUT2D eigenvalue weighted by Crippen LogP contribution is -2.21. The summed E-state index contributed by atoms with van der Waals surface area (Å²) >= 11 is 1.49. The number of para-hydroxylation sites is 1. The van der Waals surface area contributed by atoms with E-state index >= 15 is 0 Å². The molecule has 0 atom stereocenters. The Morgan fingerprint density at radius 1 is 1.27 bits per heavy atom. The number of amides is 1. The SMILES string of the molecule is O=C(COC(=O)Cc1cn2ccsc2n1)Nc1ccccc1. The van der Waals surface area contributed by atoms with Gasteiger partial charge in [0.1, 0.15) is 0 Å². The summed E-state index contributed by atoms with van der Waals surface area (Å²) in [6, 6.07) is 9.00. The third-order valence-electron chi connectivity index (χ3n) is 2.89. The van der Waals surface area contributed by atoms with Gasteiger partial charge in [-0.05, 0) is 12.1 Å². The molecule has 6 nitrogen and oxygen atoms in total. The minimum Gasteiger partial charge on any atom is -0.455 e. The summed E-state index contributed by atoms with van der Waals surface area (Å²) in [6.45, 7) is -0.310. The van der Waals surface area contributed by atoms with Crippen LogP contribution >= 0.6 is 11.3 Å². The van der Waals surface area contributed by atoms with Crippen LogP contribution in [0, 0.1) is 0 Å². The van der Waals surface area contributed by atoms with E-state index in [4.69, 9.17) is 4.74 Å². The summed E-state index contributed by atoms with van der Waals surface area (Å²) in [5.74, 6) is -0.848. The lowest BCUT2D eigenvalue weighted by atomic mass is 10.3. The number of nitrogens with zero attached hydrogens (tertiary/aromatic N) is 2. The molecule has 0 unspecified atom stereocenters. The van der Waals surface area contributed by atoms with Crippen molar-refractivity contribution in [3.05, 3.63) is 53.8 Å². The zero-order valence-corrected chi connectivity index (χ0v) is 12.4. The number of nitrogens with one attached hydrogen (secondary N) is 1. The van der Waals surface area contributed by atoms with Crippen LogP contribution in [-0.4, -0.2) is 27.9 Å². The van der Waals surface area contributed by atoms with Gasteiger partial charge in [-0.15, -0.1) is 11.3 Å². The van der Waals surface area contributed by atoms with Crippen molar-refractivity contribution in [2.24, 2.45) is 0 Å². The highest BCUT2D eigenvalue weighted by atomic mass is 32.1. The smallest absolute Gasteiger partial charge is 0.312 e. The van der Waals surface area contributed by atoms with Crippen molar-refractivity contribution in [2.45, 2.75) is 6.42 Å². The predicted octanol–water partition coefficient (Wildman–Crippen LogP) is 2.12. The zero-order valence-electron chi connectivity index (χ0n) is 11.6. The second kappa shape index (κ2) is 6.40. The van der Waals surface area contributed by atoms with Crippen molar-refractivity contribution >= 4 is 33.9 Å². The number of thiazole rings is 1. The summed E-state index contributed by atoms with van der Waals surface area (Å²) in [4.78, 5) is 28.5. The van der Waals surface area contributed by atoms with E-state index in [2.05, 4.69) is 10.3 Å². The Labute approximate surface area is 130 Å². The van der Waals surface area contributed by atoms with Crippen molar-refractivity contribution in [3.8, 4) is 0 Å². The van der Waals surface area contributed by atoms with Crippen LogP contribution in [0.5, 0.6) is 0 Å². The molecule has 3 rings (SSSR count). The molecule has 2 aromatic heterocycles. The van der Waals surface area contributed by atoms with Crippen molar-refractivity contribution in [2.75, 3.05) is 11.9 Å². The van der Waals surface area contributed by atoms with Gasteiger partial charge in [-0.3, -0.25) is 14.0 Å². The van der Waals surface area contributed by atoms with Crippen LogP contribution in [-0.2, 0) is 20.7 Å². The fourth-order valence-electron chi connectivity index (χ4n) is 1.92.